The fraction of sp³-hybridized carbons (Fsp3) is 0.486. The Balaban J connectivity index is 1.47. The van der Waals surface area contributed by atoms with Gasteiger partial charge in [-0.15, -0.1) is 0 Å². The second-order valence-corrected chi connectivity index (χ2v) is 12.1. The van der Waals surface area contributed by atoms with Crippen LogP contribution >= 0.6 is 0 Å². The summed E-state index contributed by atoms with van der Waals surface area (Å²) >= 11 is 0. The van der Waals surface area contributed by atoms with Gasteiger partial charge in [-0.05, 0) is 109 Å². The summed E-state index contributed by atoms with van der Waals surface area (Å²) in [6, 6.07) is 22.3. The molecule has 3 aromatic rings. The van der Waals surface area contributed by atoms with E-state index in [0.717, 1.165) is 37.0 Å². The van der Waals surface area contributed by atoms with E-state index in [0.29, 0.717) is 35.0 Å². The van der Waals surface area contributed by atoms with Gasteiger partial charge in [0.2, 0.25) is 0 Å². The smallest absolute Gasteiger partial charge is 0.343 e. The minimum atomic E-state index is -0.289. The number of carbonyl (C=O) groups is 1. The number of ether oxygens (including phenoxy) is 1. The van der Waals surface area contributed by atoms with E-state index < -0.39 is 0 Å². The molecular formula is C37H46O3. The summed E-state index contributed by atoms with van der Waals surface area (Å²) in [4.78, 5) is 13.0. The van der Waals surface area contributed by atoms with E-state index in [-0.39, 0.29) is 5.97 Å². The Morgan fingerprint density at radius 2 is 1.25 bits per heavy atom. The van der Waals surface area contributed by atoms with Crippen LogP contribution < -0.4 is 4.74 Å². The van der Waals surface area contributed by atoms with Crippen molar-refractivity contribution in [1.29, 1.82) is 0 Å². The second-order valence-electron chi connectivity index (χ2n) is 12.1. The molecule has 3 nitrogen and oxygen atoms in total. The molecule has 0 bridgehead atoms. The van der Waals surface area contributed by atoms with Crippen molar-refractivity contribution in [2.24, 2.45) is 0 Å². The van der Waals surface area contributed by atoms with E-state index in [9.17, 15) is 9.90 Å². The fourth-order valence-electron chi connectivity index (χ4n) is 7.41. The summed E-state index contributed by atoms with van der Waals surface area (Å²) in [5.41, 5.74) is 5.60. The molecule has 0 amide bonds. The predicted molar refractivity (Wildman–Crippen MR) is 164 cm³/mol. The van der Waals surface area contributed by atoms with Crippen LogP contribution in [0, 0.1) is 0 Å². The zero-order valence-electron chi connectivity index (χ0n) is 24.4. The van der Waals surface area contributed by atoms with E-state index in [2.05, 4.69) is 44.2 Å². The van der Waals surface area contributed by atoms with Gasteiger partial charge in [0, 0.05) is 0 Å². The van der Waals surface area contributed by atoms with Gasteiger partial charge in [0.25, 0.3) is 0 Å². The SMILES string of the molecule is CC[C@H](c1ccc(OC(=O)c2ccccc2)c(C2CCCCC2)c1)[C@@H](CC)c1ccc(O)c(C2CCCCC2)c1. The molecule has 0 aromatic heterocycles. The van der Waals surface area contributed by atoms with Crippen LogP contribution in [0.4, 0.5) is 0 Å². The van der Waals surface area contributed by atoms with E-state index in [1.807, 2.05) is 36.4 Å². The first-order valence-corrected chi connectivity index (χ1v) is 15.8. The largest absolute Gasteiger partial charge is 0.508 e. The molecule has 40 heavy (non-hydrogen) atoms. The van der Waals surface area contributed by atoms with Crippen molar-refractivity contribution in [2.75, 3.05) is 0 Å². The molecule has 0 aliphatic heterocycles. The molecule has 0 saturated heterocycles. The molecule has 0 unspecified atom stereocenters. The minimum Gasteiger partial charge on any atom is -0.508 e. The first kappa shape index (κ1) is 28.5. The maximum Gasteiger partial charge on any atom is 0.343 e. The number of carbonyl (C=O) groups excluding carboxylic acids is 1. The molecular weight excluding hydrogens is 492 g/mol. The zero-order chi connectivity index (χ0) is 27.9. The zero-order valence-corrected chi connectivity index (χ0v) is 24.4. The van der Waals surface area contributed by atoms with Gasteiger partial charge in [-0.1, -0.05) is 94.8 Å². The molecule has 3 heteroatoms. The molecule has 2 fully saturated rings. The molecule has 0 spiro atoms. The average molecular weight is 539 g/mol. The maximum absolute atomic E-state index is 13.0. The van der Waals surface area contributed by atoms with Crippen molar-refractivity contribution >= 4 is 5.97 Å². The minimum absolute atomic E-state index is 0.289. The number of aromatic hydroxyl groups is 1. The van der Waals surface area contributed by atoms with Crippen LogP contribution in [-0.4, -0.2) is 11.1 Å². The standard InChI is InChI=1S/C37H46O3/c1-3-31(29-20-22-35(38)33(24-29)26-14-8-5-9-15-26)32(4-2)30-21-23-36(34(25-30)27-16-10-6-11-17-27)40-37(39)28-18-12-7-13-19-28/h7,12-13,18-27,31-32,38H,3-6,8-11,14-17H2,1-2H3/t31-,32+/m0/s1. The summed E-state index contributed by atoms with van der Waals surface area (Å²) in [6.07, 6.45) is 14.3. The monoisotopic (exact) mass is 538 g/mol. The van der Waals surface area contributed by atoms with E-state index >= 15 is 0 Å². The predicted octanol–water partition coefficient (Wildman–Crippen LogP) is 10.4. The first-order valence-electron chi connectivity index (χ1n) is 15.8. The quantitative estimate of drug-likeness (QED) is 0.218. The lowest BCUT2D eigenvalue weighted by Gasteiger charge is -2.30. The molecule has 2 atom stereocenters. The van der Waals surface area contributed by atoms with Crippen LogP contribution in [-0.2, 0) is 0 Å². The van der Waals surface area contributed by atoms with Gasteiger partial charge in [0.1, 0.15) is 11.5 Å². The van der Waals surface area contributed by atoms with Gasteiger partial charge in [0.05, 0.1) is 5.56 Å². The van der Waals surface area contributed by atoms with Gasteiger partial charge in [-0.25, -0.2) is 4.79 Å². The lowest BCUT2D eigenvalue weighted by atomic mass is 9.75. The Bertz CT molecular complexity index is 1250. The maximum atomic E-state index is 13.0. The highest BCUT2D eigenvalue weighted by molar-refractivity contribution is 5.91. The van der Waals surface area contributed by atoms with Crippen LogP contribution in [0.25, 0.3) is 0 Å². The van der Waals surface area contributed by atoms with Crippen LogP contribution in [0.2, 0.25) is 0 Å². The van der Waals surface area contributed by atoms with Gasteiger partial charge in [0.15, 0.2) is 0 Å². The summed E-state index contributed by atoms with van der Waals surface area (Å²) in [5.74, 6) is 2.52. The fourth-order valence-corrected chi connectivity index (χ4v) is 7.41. The topological polar surface area (TPSA) is 46.5 Å². The lowest BCUT2D eigenvalue weighted by molar-refractivity contribution is 0.0732. The number of esters is 1. The normalized spacial score (nSPS) is 18.2. The molecule has 3 aromatic carbocycles. The summed E-state index contributed by atoms with van der Waals surface area (Å²) in [6.45, 7) is 4.58. The molecule has 2 aliphatic carbocycles. The Kier molecular flexibility index (Phi) is 9.62. The van der Waals surface area contributed by atoms with Crippen LogP contribution in [0.15, 0.2) is 66.7 Å². The van der Waals surface area contributed by atoms with Crippen LogP contribution in [0.5, 0.6) is 11.5 Å². The van der Waals surface area contributed by atoms with Crippen molar-refractivity contribution in [1.82, 2.24) is 0 Å². The van der Waals surface area contributed by atoms with Crippen molar-refractivity contribution < 1.29 is 14.6 Å². The number of rotatable bonds is 9. The molecule has 2 aliphatic rings. The molecule has 0 heterocycles. The Morgan fingerprint density at radius 1 is 0.725 bits per heavy atom. The van der Waals surface area contributed by atoms with E-state index in [1.54, 1.807) is 0 Å². The number of phenolic OH excluding ortho intramolecular Hbond substituents is 1. The van der Waals surface area contributed by atoms with Crippen LogP contribution in [0.3, 0.4) is 0 Å². The Morgan fingerprint density at radius 3 is 1.82 bits per heavy atom. The van der Waals surface area contributed by atoms with Crippen molar-refractivity contribution in [3.8, 4) is 11.5 Å². The molecule has 212 valence electrons. The number of hydrogen-bond acceptors (Lipinski definition) is 3. The van der Waals surface area contributed by atoms with Gasteiger partial charge in [-0.3, -0.25) is 0 Å². The van der Waals surface area contributed by atoms with Gasteiger partial charge >= 0.3 is 5.97 Å². The highest BCUT2D eigenvalue weighted by Crippen LogP contribution is 2.45. The first-order chi connectivity index (χ1) is 19.6. The summed E-state index contributed by atoms with van der Waals surface area (Å²) < 4.78 is 6.05. The average Bonchev–Trinajstić information content (AvgIpc) is 3.02. The van der Waals surface area contributed by atoms with E-state index in [1.165, 1.54) is 68.1 Å². The second kappa shape index (κ2) is 13.5. The third-order valence-corrected chi connectivity index (χ3v) is 9.61. The van der Waals surface area contributed by atoms with Crippen molar-refractivity contribution in [3.05, 3.63) is 94.5 Å². The van der Waals surface area contributed by atoms with E-state index in [4.69, 9.17) is 4.74 Å². The molecule has 5 rings (SSSR count). The third-order valence-electron chi connectivity index (χ3n) is 9.61. The molecule has 0 radical (unpaired) electrons. The van der Waals surface area contributed by atoms with Crippen molar-refractivity contribution in [3.63, 3.8) is 0 Å². The van der Waals surface area contributed by atoms with Gasteiger partial charge < -0.3 is 9.84 Å². The van der Waals surface area contributed by atoms with Gasteiger partial charge in [-0.2, -0.15) is 0 Å². The number of phenols is 1. The lowest BCUT2D eigenvalue weighted by Crippen LogP contribution is -2.15. The number of benzene rings is 3. The Labute approximate surface area is 241 Å². The van der Waals surface area contributed by atoms with Crippen LogP contribution in [0.1, 0.15) is 147 Å². The highest BCUT2D eigenvalue weighted by Gasteiger charge is 2.28. The third kappa shape index (κ3) is 6.45. The Hall–Kier alpha value is -3.07. The van der Waals surface area contributed by atoms with Crippen molar-refractivity contribution in [2.45, 2.75) is 115 Å². The summed E-state index contributed by atoms with van der Waals surface area (Å²) in [5, 5.41) is 10.8. The molecule has 1 N–H and O–H groups in total. The summed E-state index contributed by atoms with van der Waals surface area (Å²) in [7, 11) is 0. The molecule has 2 saturated carbocycles. The highest BCUT2D eigenvalue weighted by atomic mass is 16.5. The number of hydrogen-bond donors (Lipinski definition) is 1.